The number of aromatic nitrogens is 1. The molecule has 0 unspecified atom stereocenters. The van der Waals surface area contributed by atoms with Crippen molar-refractivity contribution in [1.82, 2.24) is 4.98 Å². The zero-order valence-corrected chi connectivity index (χ0v) is 12.2. The van der Waals surface area contributed by atoms with Crippen LogP contribution in [0.3, 0.4) is 0 Å². The van der Waals surface area contributed by atoms with Crippen LogP contribution in [0.25, 0.3) is 0 Å². The minimum Gasteiger partial charge on any atom is -0.495 e. The molecule has 0 radical (unpaired) electrons. The SMILES string of the molecule is CCCCCc1ccc(OC)c(CCCCC)n1. The molecule has 1 aromatic heterocycles. The second-order valence-electron chi connectivity index (χ2n) is 4.87. The number of ether oxygens (including phenoxy) is 1. The van der Waals surface area contributed by atoms with Gasteiger partial charge in [0.05, 0.1) is 12.8 Å². The Hall–Kier alpha value is -1.05. The summed E-state index contributed by atoms with van der Waals surface area (Å²) in [7, 11) is 1.73. The van der Waals surface area contributed by atoms with Crippen LogP contribution >= 0.6 is 0 Å². The van der Waals surface area contributed by atoms with E-state index in [1.807, 2.05) is 0 Å². The molecule has 0 aliphatic carbocycles. The van der Waals surface area contributed by atoms with E-state index >= 15 is 0 Å². The van der Waals surface area contributed by atoms with Crippen LogP contribution in [0.5, 0.6) is 5.75 Å². The number of methoxy groups -OCH3 is 1. The zero-order chi connectivity index (χ0) is 13.2. The molecule has 1 heterocycles. The maximum absolute atomic E-state index is 5.39. The summed E-state index contributed by atoms with van der Waals surface area (Å²) < 4.78 is 5.39. The summed E-state index contributed by atoms with van der Waals surface area (Å²) in [6.07, 6.45) is 9.65. The average molecular weight is 249 g/mol. The van der Waals surface area contributed by atoms with Crippen LogP contribution in [0, 0.1) is 0 Å². The summed E-state index contributed by atoms with van der Waals surface area (Å²) in [4.78, 5) is 4.76. The third-order valence-electron chi connectivity index (χ3n) is 3.26. The van der Waals surface area contributed by atoms with Gasteiger partial charge < -0.3 is 4.74 Å². The van der Waals surface area contributed by atoms with Crippen molar-refractivity contribution in [3.63, 3.8) is 0 Å². The van der Waals surface area contributed by atoms with Gasteiger partial charge in [-0.1, -0.05) is 39.5 Å². The predicted molar refractivity (Wildman–Crippen MR) is 77.2 cm³/mol. The van der Waals surface area contributed by atoms with E-state index in [9.17, 15) is 0 Å². The first-order valence-corrected chi connectivity index (χ1v) is 7.34. The van der Waals surface area contributed by atoms with Crippen LogP contribution in [-0.4, -0.2) is 12.1 Å². The van der Waals surface area contributed by atoms with Crippen molar-refractivity contribution in [3.05, 3.63) is 23.5 Å². The van der Waals surface area contributed by atoms with Gasteiger partial charge in [0, 0.05) is 5.69 Å². The average Bonchev–Trinajstić information content (AvgIpc) is 2.40. The molecule has 0 saturated carbocycles. The highest BCUT2D eigenvalue weighted by atomic mass is 16.5. The van der Waals surface area contributed by atoms with Crippen molar-refractivity contribution < 1.29 is 4.74 Å². The van der Waals surface area contributed by atoms with Crippen LogP contribution in [-0.2, 0) is 12.8 Å². The van der Waals surface area contributed by atoms with Crippen LogP contribution < -0.4 is 4.74 Å². The van der Waals surface area contributed by atoms with Crippen LogP contribution in [0.1, 0.15) is 63.8 Å². The lowest BCUT2D eigenvalue weighted by Crippen LogP contribution is -2.00. The topological polar surface area (TPSA) is 22.1 Å². The third-order valence-corrected chi connectivity index (χ3v) is 3.26. The van der Waals surface area contributed by atoms with Gasteiger partial charge in [0.2, 0.25) is 0 Å². The maximum atomic E-state index is 5.39. The predicted octanol–water partition coefficient (Wildman–Crippen LogP) is 4.56. The Labute approximate surface area is 112 Å². The molecule has 102 valence electrons. The summed E-state index contributed by atoms with van der Waals surface area (Å²) >= 11 is 0. The minimum atomic E-state index is 0.949. The maximum Gasteiger partial charge on any atom is 0.140 e. The van der Waals surface area contributed by atoms with Gasteiger partial charge >= 0.3 is 0 Å². The Bertz CT molecular complexity index is 336. The fourth-order valence-electron chi connectivity index (χ4n) is 2.14. The van der Waals surface area contributed by atoms with Crippen molar-refractivity contribution in [2.24, 2.45) is 0 Å². The van der Waals surface area contributed by atoms with E-state index in [2.05, 4.69) is 26.0 Å². The van der Waals surface area contributed by atoms with E-state index in [-0.39, 0.29) is 0 Å². The molecule has 0 saturated heterocycles. The van der Waals surface area contributed by atoms with E-state index in [0.717, 1.165) is 24.3 Å². The zero-order valence-electron chi connectivity index (χ0n) is 12.2. The van der Waals surface area contributed by atoms with E-state index < -0.39 is 0 Å². The smallest absolute Gasteiger partial charge is 0.140 e. The molecule has 1 aromatic rings. The van der Waals surface area contributed by atoms with Gasteiger partial charge in [-0.15, -0.1) is 0 Å². The highest BCUT2D eigenvalue weighted by molar-refractivity contribution is 5.29. The van der Waals surface area contributed by atoms with Crippen molar-refractivity contribution in [2.75, 3.05) is 7.11 Å². The minimum absolute atomic E-state index is 0.949. The van der Waals surface area contributed by atoms with Crippen molar-refractivity contribution >= 4 is 0 Å². The molecular weight excluding hydrogens is 222 g/mol. The van der Waals surface area contributed by atoms with Gasteiger partial charge in [0.25, 0.3) is 0 Å². The molecule has 0 spiro atoms. The molecule has 0 bridgehead atoms. The van der Waals surface area contributed by atoms with Crippen LogP contribution in [0.15, 0.2) is 12.1 Å². The summed E-state index contributed by atoms with van der Waals surface area (Å²) in [5, 5.41) is 0. The second-order valence-corrected chi connectivity index (χ2v) is 4.87. The first-order valence-electron chi connectivity index (χ1n) is 7.34. The Balaban J connectivity index is 2.62. The quantitative estimate of drug-likeness (QED) is 0.599. The monoisotopic (exact) mass is 249 g/mol. The Morgan fingerprint density at radius 3 is 2.22 bits per heavy atom. The second kappa shape index (κ2) is 8.96. The number of aryl methyl sites for hydroxylation is 2. The van der Waals surface area contributed by atoms with Gasteiger partial charge in [-0.05, 0) is 37.8 Å². The van der Waals surface area contributed by atoms with E-state index in [4.69, 9.17) is 9.72 Å². The number of unbranched alkanes of at least 4 members (excludes halogenated alkanes) is 4. The summed E-state index contributed by atoms with van der Waals surface area (Å²) in [5.74, 6) is 0.949. The number of rotatable bonds is 9. The van der Waals surface area contributed by atoms with Crippen molar-refractivity contribution in [2.45, 2.75) is 65.2 Å². The normalized spacial score (nSPS) is 10.6. The van der Waals surface area contributed by atoms with E-state index in [0.29, 0.717) is 0 Å². The highest BCUT2D eigenvalue weighted by Gasteiger charge is 2.06. The van der Waals surface area contributed by atoms with Gasteiger partial charge in [-0.2, -0.15) is 0 Å². The number of nitrogens with zero attached hydrogens (tertiary/aromatic N) is 1. The molecule has 1 rings (SSSR count). The molecular formula is C16H27NO. The molecule has 0 aromatic carbocycles. The standard InChI is InChI=1S/C16H27NO/c1-4-6-8-10-14-12-13-16(18-3)15(17-14)11-9-7-5-2/h12-13H,4-11H2,1-3H3. The molecule has 0 atom stereocenters. The molecule has 0 aliphatic heterocycles. The number of hydrogen-bond donors (Lipinski definition) is 0. The fraction of sp³-hybridized carbons (Fsp3) is 0.688. The molecule has 2 nitrogen and oxygen atoms in total. The van der Waals surface area contributed by atoms with E-state index in [1.54, 1.807) is 7.11 Å². The van der Waals surface area contributed by atoms with Gasteiger partial charge in [0.15, 0.2) is 0 Å². The molecule has 0 amide bonds. The Kier molecular flexibility index (Phi) is 7.47. The molecule has 0 N–H and O–H groups in total. The van der Waals surface area contributed by atoms with Gasteiger partial charge in [-0.3, -0.25) is 4.98 Å². The fourth-order valence-corrected chi connectivity index (χ4v) is 2.14. The Morgan fingerprint density at radius 1 is 0.944 bits per heavy atom. The van der Waals surface area contributed by atoms with Gasteiger partial charge in [0.1, 0.15) is 5.75 Å². The number of pyridine rings is 1. The lowest BCUT2D eigenvalue weighted by atomic mass is 10.1. The van der Waals surface area contributed by atoms with Crippen LogP contribution in [0.2, 0.25) is 0 Å². The van der Waals surface area contributed by atoms with E-state index in [1.165, 1.54) is 44.2 Å². The summed E-state index contributed by atoms with van der Waals surface area (Å²) in [6, 6.07) is 4.19. The summed E-state index contributed by atoms with van der Waals surface area (Å²) in [5.41, 5.74) is 2.36. The highest BCUT2D eigenvalue weighted by Crippen LogP contribution is 2.20. The van der Waals surface area contributed by atoms with Crippen molar-refractivity contribution in [1.29, 1.82) is 0 Å². The Morgan fingerprint density at radius 2 is 1.61 bits per heavy atom. The lowest BCUT2D eigenvalue weighted by Gasteiger charge is -2.09. The molecule has 0 fully saturated rings. The first-order chi connectivity index (χ1) is 8.81. The first kappa shape index (κ1) is 15.0. The molecule has 2 heteroatoms. The number of hydrogen-bond acceptors (Lipinski definition) is 2. The summed E-state index contributed by atoms with van der Waals surface area (Å²) in [6.45, 7) is 4.46. The molecule has 18 heavy (non-hydrogen) atoms. The lowest BCUT2D eigenvalue weighted by molar-refractivity contribution is 0.405. The largest absolute Gasteiger partial charge is 0.495 e. The van der Waals surface area contributed by atoms with Crippen molar-refractivity contribution in [3.8, 4) is 5.75 Å². The third kappa shape index (κ3) is 5.07. The van der Waals surface area contributed by atoms with Gasteiger partial charge in [-0.25, -0.2) is 0 Å². The molecule has 0 aliphatic rings. The van der Waals surface area contributed by atoms with Crippen LogP contribution in [0.4, 0.5) is 0 Å².